The Morgan fingerprint density at radius 2 is 2.00 bits per heavy atom. The highest BCUT2D eigenvalue weighted by Crippen LogP contribution is 2.17. The van der Waals surface area contributed by atoms with E-state index in [4.69, 9.17) is 4.42 Å². The topological polar surface area (TPSA) is 122 Å². The molecule has 0 bridgehead atoms. The second-order valence-corrected chi connectivity index (χ2v) is 4.18. The fourth-order valence-corrected chi connectivity index (χ4v) is 1.70. The van der Waals surface area contributed by atoms with Gasteiger partial charge in [-0.25, -0.2) is 4.79 Å². The summed E-state index contributed by atoms with van der Waals surface area (Å²) in [6.45, 7) is 0. The molecule has 9 heteroatoms. The molecule has 0 aromatic carbocycles. The maximum Gasteiger partial charge on any atom is 0.357 e. The second-order valence-electron chi connectivity index (χ2n) is 3.40. The molecule has 0 unspecified atom stereocenters. The van der Waals surface area contributed by atoms with Crippen LogP contribution < -0.4 is 11.2 Å². The van der Waals surface area contributed by atoms with Gasteiger partial charge in [0.05, 0.1) is 4.92 Å². The van der Waals surface area contributed by atoms with E-state index in [1.54, 1.807) is 17.1 Å². The average Bonchev–Trinajstić information content (AvgIpc) is 2.71. The number of aromatic amines is 2. The van der Waals surface area contributed by atoms with Gasteiger partial charge in [0.2, 0.25) is 0 Å². The Labute approximate surface area is 113 Å². The van der Waals surface area contributed by atoms with Crippen molar-refractivity contribution >= 4 is 33.8 Å². The van der Waals surface area contributed by atoms with Crippen LogP contribution in [0.4, 0.5) is 5.69 Å². The SMILES string of the molecule is O=c1[nH]c(/C=C/c2ccc(Br)o2)c([N+](=O)[O-])c(=O)[nH]1. The highest BCUT2D eigenvalue weighted by molar-refractivity contribution is 9.10. The fraction of sp³-hybridized carbons (Fsp3) is 0. The van der Waals surface area contributed by atoms with Crippen molar-refractivity contribution in [2.24, 2.45) is 0 Å². The Bertz CT molecular complexity index is 770. The predicted molar refractivity (Wildman–Crippen MR) is 69.7 cm³/mol. The molecule has 19 heavy (non-hydrogen) atoms. The molecule has 0 radical (unpaired) electrons. The number of halogens is 1. The van der Waals surface area contributed by atoms with E-state index in [9.17, 15) is 19.7 Å². The zero-order valence-electron chi connectivity index (χ0n) is 9.18. The number of furan rings is 1. The minimum Gasteiger partial charge on any atom is -0.450 e. The van der Waals surface area contributed by atoms with E-state index in [1.807, 2.05) is 0 Å². The van der Waals surface area contributed by atoms with Gasteiger partial charge in [0.1, 0.15) is 11.5 Å². The lowest BCUT2D eigenvalue weighted by atomic mass is 10.3. The molecule has 0 aliphatic rings. The summed E-state index contributed by atoms with van der Waals surface area (Å²) in [6, 6.07) is 3.24. The molecule has 2 aromatic heterocycles. The Balaban J connectivity index is 2.50. The lowest BCUT2D eigenvalue weighted by Gasteiger charge is -1.95. The summed E-state index contributed by atoms with van der Waals surface area (Å²) in [5, 5.41) is 10.8. The summed E-state index contributed by atoms with van der Waals surface area (Å²) < 4.78 is 5.64. The largest absolute Gasteiger partial charge is 0.450 e. The van der Waals surface area contributed by atoms with Crippen molar-refractivity contribution in [3.05, 3.63) is 59.2 Å². The first-order chi connectivity index (χ1) is 8.97. The summed E-state index contributed by atoms with van der Waals surface area (Å²) >= 11 is 3.10. The molecule has 2 N–H and O–H groups in total. The maximum atomic E-state index is 11.3. The van der Waals surface area contributed by atoms with Gasteiger partial charge in [-0.3, -0.25) is 19.9 Å². The van der Waals surface area contributed by atoms with E-state index in [0.29, 0.717) is 10.4 Å². The van der Waals surface area contributed by atoms with Crippen molar-refractivity contribution in [2.45, 2.75) is 0 Å². The predicted octanol–water partition coefficient (Wildman–Crippen LogP) is 1.50. The van der Waals surface area contributed by atoms with Gasteiger partial charge in [-0.05, 0) is 40.2 Å². The van der Waals surface area contributed by atoms with Crippen LogP contribution in [0.5, 0.6) is 0 Å². The number of nitrogens with zero attached hydrogens (tertiary/aromatic N) is 1. The van der Waals surface area contributed by atoms with Gasteiger partial charge in [-0.1, -0.05) is 0 Å². The standard InChI is InChI=1S/C10H6BrN3O5/c11-7-4-2-5(19-7)1-3-6-8(14(17)18)9(15)13-10(16)12-6/h1-4H,(H2,12,13,15,16)/b3-1+. The molecular formula is C10H6BrN3O5. The monoisotopic (exact) mass is 327 g/mol. The highest BCUT2D eigenvalue weighted by atomic mass is 79.9. The first kappa shape index (κ1) is 13.0. The van der Waals surface area contributed by atoms with E-state index in [2.05, 4.69) is 20.9 Å². The minimum atomic E-state index is -1.06. The molecule has 2 rings (SSSR count). The number of hydrogen-bond donors (Lipinski definition) is 2. The smallest absolute Gasteiger partial charge is 0.357 e. The molecule has 0 saturated carbocycles. The number of H-pyrrole nitrogens is 2. The molecule has 0 saturated heterocycles. The van der Waals surface area contributed by atoms with Crippen LogP contribution in [0, 0.1) is 10.1 Å². The van der Waals surface area contributed by atoms with E-state index >= 15 is 0 Å². The van der Waals surface area contributed by atoms with Crippen LogP contribution in [0.15, 0.2) is 30.8 Å². The van der Waals surface area contributed by atoms with Crippen LogP contribution in [0.2, 0.25) is 0 Å². The molecule has 0 aliphatic carbocycles. The molecule has 0 fully saturated rings. The minimum absolute atomic E-state index is 0.203. The number of aromatic nitrogens is 2. The normalized spacial score (nSPS) is 11.0. The van der Waals surface area contributed by atoms with Crippen LogP contribution in [-0.4, -0.2) is 14.9 Å². The number of nitro groups is 1. The molecule has 0 amide bonds. The van der Waals surface area contributed by atoms with Gasteiger partial charge in [0.15, 0.2) is 4.67 Å². The molecule has 0 aliphatic heterocycles. The van der Waals surface area contributed by atoms with Crippen molar-refractivity contribution in [1.82, 2.24) is 9.97 Å². The van der Waals surface area contributed by atoms with Crippen molar-refractivity contribution in [3.63, 3.8) is 0 Å². The maximum absolute atomic E-state index is 11.3. The summed E-state index contributed by atoms with van der Waals surface area (Å²) in [7, 11) is 0. The van der Waals surface area contributed by atoms with E-state index in [-0.39, 0.29) is 5.69 Å². The number of rotatable bonds is 3. The Hall–Kier alpha value is -2.42. The van der Waals surface area contributed by atoms with Crippen molar-refractivity contribution in [2.75, 3.05) is 0 Å². The molecule has 8 nitrogen and oxygen atoms in total. The highest BCUT2D eigenvalue weighted by Gasteiger charge is 2.18. The molecular weight excluding hydrogens is 322 g/mol. The Morgan fingerprint density at radius 3 is 2.58 bits per heavy atom. The summed E-state index contributed by atoms with van der Waals surface area (Å²) in [6.07, 6.45) is 2.61. The summed E-state index contributed by atoms with van der Waals surface area (Å²) in [5.74, 6) is 0.405. The van der Waals surface area contributed by atoms with Crippen LogP contribution in [0.25, 0.3) is 12.2 Å². The van der Waals surface area contributed by atoms with Gasteiger partial charge in [-0.2, -0.15) is 0 Å². The van der Waals surface area contributed by atoms with Crippen molar-refractivity contribution in [3.8, 4) is 0 Å². The Morgan fingerprint density at radius 1 is 1.26 bits per heavy atom. The van der Waals surface area contributed by atoms with Gasteiger partial charge in [0, 0.05) is 0 Å². The fourth-order valence-electron chi connectivity index (χ4n) is 1.38. The van der Waals surface area contributed by atoms with Crippen LogP contribution in [0.1, 0.15) is 11.5 Å². The van der Waals surface area contributed by atoms with E-state index < -0.39 is 21.9 Å². The van der Waals surface area contributed by atoms with Gasteiger partial charge in [-0.15, -0.1) is 0 Å². The zero-order chi connectivity index (χ0) is 14.0. The van der Waals surface area contributed by atoms with E-state index in [0.717, 1.165) is 0 Å². The van der Waals surface area contributed by atoms with Crippen LogP contribution in [-0.2, 0) is 0 Å². The second kappa shape index (κ2) is 5.06. The summed E-state index contributed by atoms with van der Waals surface area (Å²) in [5.41, 5.74) is -2.82. The number of nitrogens with one attached hydrogen (secondary N) is 2. The van der Waals surface area contributed by atoms with Crippen LogP contribution in [0.3, 0.4) is 0 Å². The third-order valence-electron chi connectivity index (χ3n) is 2.14. The summed E-state index contributed by atoms with van der Waals surface area (Å²) in [4.78, 5) is 36.3. The molecule has 2 heterocycles. The van der Waals surface area contributed by atoms with Crippen molar-refractivity contribution < 1.29 is 9.34 Å². The third-order valence-corrected chi connectivity index (χ3v) is 2.56. The third kappa shape index (κ3) is 2.88. The number of hydrogen-bond acceptors (Lipinski definition) is 5. The molecule has 0 atom stereocenters. The van der Waals surface area contributed by atoms with E-state index in [1.165, 1.54) is 12.2 Å². The van der Waals surface area contributed by atoms with Crippen molar-refractivity contribution in [1.29, 1.82) is 0 Å². The van der Waals surface area contributed by atoms with Crippen LogP contribution >= 0.6 is 15.9 Å². The van der Waals surface area contributed by atoms with Gasteiger partial charge in [0.25, 0.3) is 0 Å². The van der Waals surface area contributed by atoms with Gasteiger partial charge >= 0.3 is 16.9 Å². The van der Waals surface area contributed by atoms with Gasteiger partial charge < -0.3 is 9.40 Å². The first-order valence-electron chi connectivity index (χ1n) is 4.92. The zero-order valence-corrected chi connectivity index (χ0v) is 10.8. The Kier molecular flexibility index (Phi) is 3.47. The average molecular weight is 328 g/mol. The quantitative estimate of drug-likeness (QED) is 0.653. The molecule has 0 spiro atoms. The molecule has 98 valence electrons. The lowest BCUT2D eigenvalue weighted by molar-refractivity contribution is -0.386. The first-order valence-corrected chi connectivity index (χ1v) is 5.71. The lowest BCUT2D eigenvalue weighted by Crippen LogP contribution is -2.25. The molecule has 2 aromatic rings.